The Hall–Kier alpha value is -1.06. The van der Waals surface area contributed by atoms with Crippen molar-refractivity contribution in [2.45, 2.75) is 11.8 Å². The number of rotatable bonds is 1. The van der Waals surface area contributed by atoms with Crippen LogP contribution in [0.2, 0.25) is 0 Å². The van der Waals surface area contributed by atoms with Crippen LogP contribution in [0.25, 0.3) is 10.9 Å². The lowest BCUT2D eigenvalue weighted by atomic mass is 10.2. The molecule has 0 fully saturated rings. The van der Waals surface area contributed by atoms with Crippen LogP contribution in [0.15, 0.2) is 35.2 Å². The Morgan fingerprint density at radius 3 is 2.71 bits per heavy atom. The van der Waals surface area contributed by atoms with Crippen molar-refractivity contribution in [3.8, 4) is 0 Å². The first-order valence-electron chi connectivity index (χ1n) is 4.37. The van der Waals surface area contributed by atoms with E-state index in [0.717, 1.165) is 21.5 Å². The average Bonchev–Trinajstić information content (AvgIpc) is 2.16. The van der Waals surface area contributed by atoms with Gasteiger partial charge in [-0.2, -0.15) is 0 Å². The van der Waals surface area contributed by atoms with Gasteiger partial charge in [0.15, 0.2) is 4.90 Å². The van der Waals surface area contributed by atoms with Crippen LogP contribution in [0, 0.1) is 6.92 Å². The summed E-state index contributed by atoms with van der Waals surface area (Å²) < 4.78 is 11.2. The van der Waals surface area contributed by atoms with Gasteiger partial charge in [-0.05, 0) is 36.3 Å². The molecule has 1 heterocycles. The maximum absolute atomic E-state index is 11.2. The minimum absolute atomic E-state index is 0.850. The van der Waals surface area contributed by atoms with Crippen molar-refractivity contribution in [2.75, 3.05) is 6.26 Å². The maximum atomic E-state index is 11.2. The van der Waals surface area contributed by atoms with Gasteiger partial charge in [0, 0.05) is 17.1 Å². The normalized spacial score (nSPS) is 13.1. The lowest BCUT2D eigenvalue weighted by molar-refractivity contribution is 0.601. The van der Waals surface area contributed by atoms with Crippen LogP contribution in [0.1, 0.15) is 5.69 Å². The van der Waals surface area contributed by atoms with E-state index >= 15 is 0 Å². The van der Waals surface area contributed by atoms with E-state index in [1.54, 1.807) is 6.26 Å². The number of pyridine rings is 1. The highest BCUT2D eigenvalue weighted by Gasteiger charge is 2.05. The van der Waals surface area contributed by atoms with Crippen LogP contribution < -0.4 is 0 Å². The van der Waals surface area contributed by atoms with Gasteiger partial charge < -0.3 is 4.55 Å². The minimum atomic E-state index is -0.918. The van der Waals surface area contributed by atoms with Crippen molar-refractivity contribution in [1.29, 1.82) is 0 Å². The summed E-state index contributed by atoms with van der Waals surface area (Å²) in [5.74, 6) is 0. The molecule has 0 saturated heterocycles. The van der Waals surface area contributed by atoms with Crippen molar-refractivity contribution >= 4 is 22.1 Å². The van der Waals surface area contributed by atoms with E-state index in [1.807, 2.05) is 37.3 Å². The van der Waals surface area contributed by atoms with Gasteiger partial charge in [0.25, 0.3) is 0 Å². The number of aryl methyl sites for hydroxylation is 1. The Balaban J connectivity index is 2.62. The molecule has 1 atom stereocenters. The monoisotopic (exact) mass is 205 g/mol. The van der Waals surface area contributed by atoms with E-state index in [0.29, 0.717) is 0 Å². The van der Waals surface area contributed by atoms with Crippen molar-refractivity contribution < 1.29 is 4.55 Å². The number of benzene rings is 1. The van der Waals surface area contributed by atoms with Gasteiger partial charge in [-0.25, -0.2) is 0 Å². The molecule has 1 aromatic heterocycles. The molecule has 0 bridgehead atoms. The summed E-state index contributed by atoms with van der Waals surface area (Å²) in [7, 11) is 0. The van der Waals surface area contributed by atoms with Crippen molar-refractivity contribution in [1.82, 2.24) is 4.98 Å². The van der Waals surface area contributed by atoms with Crippen LogP contribution in [0.3, 0.4) is 0 Å². The quantitative estimate of drug-likeness (QED) is 0.670. The fourth-order valence-corrected chi connectivity index (χ4v) is 1.94. The van der Waals surface area contributed by atoms with Crippen LogP contribution in [-0.4, -0.2) is 15.8 Å². The van der Waals surface area contributed by atoms with E-state index in [1.165, 1.54) is 0 Å². The fourth-order valence-electron chi connectivity index (χ4n) is 1.38. The summed E-state index contributed by atoms with van der Waals surface area (Å²) in [4.78, 5) is 5.23. The molecular weight excluding hydrogens is 194 g/mol. The second-order valence-electron chi connectivity index (χ2n) is 3.26. The molecule has 1 unspecified atom stereocenters. The highest BCUT2D eigenvalue weighted by Crippen LogP contribution is 2.17. The van der Waals surface area contributed by atoms with E-state index in [4.69, 9.17) is 0 Å². The molecule has 2 aromatic rings. The molecule has 0 N–H and O–H groups in total. The zero-order valence-electron chi connectivity index (χ0n) is 8.15. The number of hydrogen-bond donors (Lipinski definition) is 0. The van der Waals surface area contributed by atoms with Gasteiger partial charge >= 0.3 is 0 Å². The summed E-state index contributed by atoms with van der Waals surface area (Å²) in [6.45, 7) is 1.96. The first kappa shape index (κ1) is 9.49. The number of fused-ring (bicyclic) bond motifs is 1. The molecule has 2 rings (SSSR count). The molecular formula is C11H11NOS. The summed E-state index contributed by atoms with van der Waals surface area (Å²) in [5.41, 5.74) is 1.96. The summed E-state index contributed by atoms with van der Waals surface area (Å²) in [6, 6.07) is 9.68. The molecule has 72 valence electrons. The minimum Gasteiger partial charge on any atom is -0.612 e. The van der Waals surface area contributed by atoms with E-state index < -0.39 is 11.2 Å². The van der Waals surface area contributed by atoms with Crippen LogP contribution >= 0.6 is 0 Å². The molecule has 0 aliphatic carbocycles. The number of hydrogen-bond acceptors (Lipinski definition) is 2. The third-order valence-corrected chi connectivity index (χ3v) is 3.05. The zero-order valence-corrected chi connectivity index (χ0v) is 8.97. The summed E-state index contributed by atoms with van der Waals surface area (Å²) >= 11 is -0.918. The average molecular weight is 205 g/mol. The molecule has 0 aliphatic heterocycles. The standard InChI is InChI=1S/C11H11NOS/c1-8-3-4-9-7-10(14(2)13)5-6-11(9)12-8/h3-7H,1-2H3. The van der Waals surface area contributed by atoms with Gasteiger partial charge in [0.05, 0.1) is 5.52 Å². The first-order valence-corrected chi connectivity index (χ1v) is 5.93. The molecule has 3 heteroatoms. The van der Waals surface area contributed by atoms with Gasteiger partial charge in [-0.1, -0.05) is 6.07 Å². The van der Waals surface area contributed by atoms with Crippen LogP contribution in [0.4, 0.5) is 0 Å². The molecule has 0 amide bonds. The fraction of sp³-hybridized carbons (Fsp3) is 0.182. The second-order valence-corrected chi connectivity index (χ2v) is 4.64. The van der Waals surface area contributed by atoms with E-state index in [9.17, 15) is 4.55 Å². The Labute approximate surface area is 86.2 Å². The molecule has 14 heavy (non-hydrogen) atoms. The van der Waals surface area contributed by atoms with E-state index in [2.05, 4.69) is 4.98 Å². The largest absolute Gasteiger partial charge is 0.612 e. The van der Waals surface area contributed by atoms with Crippen LogP contribution in [-0.2, 0) is 11.2 Å². The smallest absolute Gasteiger partial charge is 0.153 e. The molecule has 0 radical (unpaired) electrons. The molecule has 0 saturated carbocycles. The molecule has 0 spiro atoms. The molecule has 0 aliphatic rings. The maximum Gasteiger partial charge on any atom is 0.153 e. The van der Waals surface area contributed by atoms with Crippen LogP contribution in [0.5, 0.6) is 0 Å². The SMILES string of the molecule is Cc1ccc2cc([S+](C)[O-])ccc2n1. The molecule has 2 nitrogen and oxygen atoms in total. The third-order valence-electron chi connectivity index (χ3n) is 2.13. The number of aromatic nitrogens is 1. The van der Waals surface area contributed by atoms with Crippen molar-refractivity contribution in [3.05, 3.63) is 36.0 Å². The third kappa shape index (κ3) is 1.74. The highest BCUT2D eigenvalue weighted by atomic mass is 32.2. The summed E-state index contributed by atoms with van der Waals surface area (Å²) in [5, 5.41) is 1.04. The topological polar surface area (TPSA) is 36.0 Å². The van der Waals surface area contributed by atoms with Gasteiger partial charge in [-0.15, -0.1) is 0 Å². The Morgan fingerprint density at radius 1 is 1.21 bits per heavy atom. The lowest BCUT2D eigenvalue weighted by Crippen LogP contribution is -1.96. The highest BCUT2D eigenvalue weighted by molar-refractivity contribution is 7.90. The zero-order chi connectivity index (χ0) is 10.1. The molecule has 1 aromatic carbocycles. The Bertz CT molecular complexity index is 468. The first-order chi connectivity index (χ1) is 6.66. The van der Waals surface area contributed by atoms with Crippen molar-refractivity contribution in [3.63, 3.8) is 0 Å². The second kappa shape index (κ2) is 3.59. The Kier molecular flexibility index (Phi) is 2.44. The van der Waals surface area contributed by atoms with Gasteiger partial charge in [0.1, 0.15) is 6.26 Å². The predicted molar refractivity (Wildman–Crippen MR) is 58.8 cm³/mol. The number of nitrogens with zero attached hydrogens (tertiary/aromatic N) is 1. The lowest BCUT2D eigenvalue weighted by Gasteiger charge is -2.05. The van der Waals surface area contributed by atoms with E-state index in [-0.39, 0.29) is 0 Å². The van der Waals surface area contributed by atoms with Gasteiger partial charge in [0.2, 0.25) is 0 Å². The predicted octanol–water partition coefficient (Wildman–Crippen LogP) is 2.28. The van der Waals surface area contributed by atoms with Crippen molar-refractivity contribution in [2.24, 2.45) is 0 Å². The van der Waals surface area contributed by atoms with Gasteiger partial charge in [-0.3, -0.25) is 4.98 Å². The Morgan fingerprint density at radius 2 is 2.00 bits per heavy atom. The summed E-state index contributed by atoms with van der Waals surface area (Å²) in [6.07, 6.45) is 1.68.